The lowest BCUT2D eigenvalue weighted by atomic mass is 10.1. The molecule has 7 nitrogen and oxygen atoms in total. The van der Waals surface area contributed by atoms with Gasteiger partial charge in [-0.15, -0.1) is 10.2 Å². The Hall–Kier alpha value is -3.35. The summed E-state index contributed by atoms with van der Waals surface area (Å²) in [4.78, 5) is 15.6. The van der Waals surface area contributed by atoms with E-state index in [1.54, 1.807) is 19.2 Å². The van der Waals surface area contributed by atoms with Crippen molar-refractivity contribution in [3.63, 3.8) is 0 Å². The second kappa shape index (κ2) is 8.98. The lowest BCUT2D eigenvalue weighted by molar-refractivity contribution is -0.115. The molecule has 0 aliphatic carbocycles. The monoisotopic (exact) mass is 435 g/mol. The number of thioether (sulfide) groups is 1. The van der Waals surface area contributed by atoms with Gasteiger partial charge in [0.25, 0.3) is 0 Å². The van der Waals surface area contributed by atoms with Crippen LogP contribution >= 0.6 is 23.1 Å². The van der Waals surface area contributed by atoms with Crippen LogP contribution in [0.15, 0.2) is 53.0 Å². The summed E-state index contributed by atoms with van der Waals surface area (Å²) >= 11 is 2.88. The maximum Gasteiger partial charge on any atom is 0.230 e. The number of rotatable bonds is 7. The number of amides is 1. The highest BCUT2D eigenvalue weighted by Crippen LogP contribution is 2.29. The molecule has 0 atom stereocenters. The van der Waals surface area contributed by atoms with Crippen molar-refractivity contribution in [2.24, 2.45) is 0 Å². The molecule has 150 valence electrons. The number of methoxy groups -OCH3 is 1. The standard InChI is InChI=1S/C21H17N5O2S2/c1-28-16-6-7-18-17(9-16)15(11-23-18)8-19(27)24-20-25-26-21(30-20)29-12-14-4-2-13(10-22)3-5-14/h2-7,9,11,23H,8,12H2,1H3,(H,24,25,27). The number of hydrogen-bond donors (Lipinski definition) is 2. The van der Waals surface area contributed by atoms with Gasteiger partial charge in [0.05, 0.1) is 25.2 Å². The molecule has 9 heteroatoms. The van der Waals surface area contributed by atoms with Crippen molar-refractivity contribution in [2.45, 2.75) is 16.5 Å². The first-order valence-electron chi connectivity index (χ1n) is 9.04. The van der Waals surface area contributed by atoms with Crippen LogP contribution in [0.1, 0.15) is 16.7 Å². The van der Waals surface area contributed by atoms with E-state index in [4.69, 9.17) is 10.00 Å². The number of aromatic amines is 1. The largest absolute Gasteiger partial charge is 0.497 e. The first kappa shape index (κ1) is 19.9. The molecule has 2 aromatic carbocycles. The second-order valence-corrected chi connectivity index (χ2v) is 8.62. The van der Waals surface area contributed by atoms with Gasteiger partial charge in [-0.25, -0.2) is 0 Å². The fourth-order valence-corrected chi connectivity index (χ4v) is 4.63. The molecule has 4 rings (SSSR count). The molecular formula is C21H17N5O2S2. The summed E-state index contributed by atoms with van der Waals surface area (Å²) in [5, 5.41) is 21.3. The van der Waals surface area contributed by atoms with Crippen LogP contribution in [0.3, 0.4) is 0 Å². The van der Waals surface area contributed by atoms with E-state index in [1.165, 1.54) is 23.1 Å². The maximum absolute atomic E-state index is 12.5. The highest BCUT2D eigenvalue weighted by atomic mass is 32.2. The number of H-pyrrole nitrogens is 1. The van der Waals surface area contributed by atoms with Gasteiger partial charge in [-0.2, -0.15) is 5.26 Å². The number of aromatic nitrogens is 3. The molecule has 4 aromatic rings. The van der Waals surface area contributed by atoms with E-state index in [2.05, 4.69) is 26.6 Å². The lowest BCUT2D eigenvalue weighted by Crippen LogP contribution is -2.14. The number of fused-ring (bicyclic) bond motifs is 1. The van der Waals surface area contributed by atoms with Crippen molar-refractivity contribution >= 4 is 45.0 Å². The van der Waals surface area contributed by atoms with Crippen molar-refractivity contribution in [1.29, 1.82) is 5.26 Å². The number of hydrogen-bond acceptors (Lipinski definition) is 7. The van der Waals surface area contributed by atoms with Crippen molar-refractivity contribution in [2.75, 3.05) is 12.4 Å². The van der Waals surface area contributed by atoms with Gasteiger partial charge in [0.1, 0.15) is 5.75 Å². The van der Waals surface area contributed by atoms with Gasteiger partial charge < -0.3 is 15.0 Å². The Balaban J connectivity index is 1.35. The summed E-state index contributed by atoms with van der Waals surface area (Å²) in [5.74, 6) is 1.31. The minimum absolute atomic E-state index is 0.154. The van der Waals surface area contributed by atoms with Crippen LogP contribution in [0.2, 0.25) is 0 Å². The first-order valence-corrected chi connectivity index (χ1v) is 10.8. The van der Waals surface area contributed by atoms with E-state index in [0.29, 0.717) is 16.4 Å². The summed E-state index contributed by atoms with van der Waals surface area (Å²) in [6.45, 7) is 0. The summed E-state index contributed by atoms with van der Waals surface area (Å²) < 4.78 is 6.04. The van der Waals surface area contributed by atoms with Gasteiger partial charge >= 0.3 is 0 Å². The number of ether oxygens (including phenoxy) is 1. The average molecular weight is 436 g/mol. The Labute approximate surface area is 181 Å². The van der Waals surface area contributed by atoms with E-state index < -0.39 is 0 Å². The number of nitriles is 1. The van der Waals surface area contributed by atoms with Gasteiger partial charge in [-0.1, -0.05) is 35.2 Å². The van der Waals surface area contributed by atoms with Gasteiger partial charge in [-0.3, -0.25) is 4.79 Å². The van der Waals surface area contributed by atoms with Crippen LogP contribution in [0.25, 0.3) is 10.9 Å². The summed E-state index contributed by atoms with van der Waals surface area (Å²) in [5.41, 5.74) is 3.57. The van der Waals surface area contributed by atoms with Crippen molar-refractivity contribution in [3.05, 3.63) is 65.4 Å². The van der Waals surface area contributed by atoms with Crippen molar-refractivity contribution in [1.82, 2.24) is 15.2 Å². The van der Waals surface area contributed by atoms with E-state index >= 15 is 0 Å². The second-order valence-electron chi connectivity index (χ2n) is 6.42. The van der Waals surface area contributed by atoms with Crippen LogP contribution in [0, 0.1) is 11.3 Å². The molecule has 0 saturated carbocycles. The fourth-order valence-electron chi connectivity index (χ4n) is 2.91. The molecule has 2 heterocycles. The molecule has 0 aliphatic heterocycles. The van der Waals surface area contributed by atoms with E-state index in [9.17, 15) is 4.79 Å². The number of anilines is 1. The fraction of sp³-hybridized carbons (Fsp3) is 0.143. The topological polar surface area (TPSA) is 104 Å². The van der Waals surface area contributed by atoms with E-state index in [-0.39, 0.29) is 12.3 Å². The molecule has 0 unspecified atom stereocenters. The molecule has 0 saturated heterocycles. The molecule has 0 bridgehead atoms. The van der Waals surface area contributed by atoms with E-state index in [0.717, 1.165) is 32.1 Å². The van der Waals surface area contributed by atoms with Gasteiger partial charge in [0, 0.05) is 22.9 Å². The van der Waals surface area contributed by atoms with Crippen LogP contribution in [-0.2, 0) is 17.0 Å². The number of nitrogens with one attached hydrogen (secondary N) is 2. The predicted octanol–water partition coefficient (Wildman–Crippen LogP) is 4.37. The zero-order chi connectivity index (χ0) is 20.9. The number of carbonyl (C=O) groups excluding carboxylic acids is 1. The van der Waals surface area contributed by atoms with Crippen LogP contribution < -0.4 is 10.1 Å². The molecule has 0 spiro atoms. The Morgan fingerprint density at radius 2 is 2.10 bits per heavy atom. The minimum Gasteiger partial charge on any atom is -0.497 e. The lowest BCUT2D eigenvalue weighted by Gasteiger charge is -2.02. The number of nitrogens with zero attached hydrogens (tertiary/aromatic N) is 3. The Morgan fingerprint density at radius 3 is 2.87 bits per heavy atom. The first-order chi connectivity index (χ1) is 14.6. The smallest absolute Gasteiger partial charge is 0.230 e. The molecular weight excluding hydrogens is 418 g/mol. The zero-order valence-corrected chi connectivity index (χ0v) is 17.6. The molecule has 1 amide bonds. The Morgan fingerprint density at radius 1 is 1.27 bits per heavy atom. The summed E-state index contributed by atoms with van der Waals surface area (Å²) in [6, 6.07) is 15.3. The highest BCUT2D eigenvalue weighted by Gasteiger charge is 2.13. The van der Waals surface area contributed by atoms with Crippen molar-refractivity contribution < 1.29 is 9.53 Å². The molecule has 0 aliphatic rings. The van der Waals surface area contributed by atoms with Crippen LogP contribution in [0.4, 0.5) is 5.13 Å². The van der Waals surface area contributed by atoms with Gasteiger partial charge in [0.2, 0.25) is 11.0 Å². The van der Waals surface area contributed by atoms with Gasteiger partial charge in [-0.05, 0) is 41.5 Å². The van der Waals surface area contributed by atoms with Gasteiger partial charge in [0.15, 0.2) is 4.34 Å². The third-order valence-corrected chi connectivity index (χ3v) is 6.47. The summed E-state index contributed by atoms with van der Waals surface area (Å²) in [6.07, 6.45) is 2.06. The summed E-state index contributed by atoms with van der Waals surface area (Å²) in [7, 11) is 1.62. The average Bonchev–Trinajstić information content (AvgIpc) is 3.39. The Kier molecular flexibility index (Phi) is 5.97. The molecule has 2 aromatic heterocycles. The Bertz CT molecular complexity index is 1220. The number of benzene rings is 2. The SMILES string of the molecule is COc1ccc2[nH]cc(CC(=O)Nc3nnc(SCc4ccc(C#N)cc4)s3)c2c1. The zero-order valence-electron chi connectivity index (χ0n) is 16.0. The normalized spacial score (nSPS) is 10.7. The highest BCUT2D eigenvalue weighted by molar-refractivity contribution is 8.00. The molecule has 30 heavy (non-hydrogen) atoms. The van der Waals surface area contributed by atoms with Crippen LogP contribution in [-0.4, -0.2) is 28.2 Å². The maximum atomic E-state index is 12.5. The van der Waals surface area contributed by atoms with E-state index in [1.807, 2.05) is 36.5 Å². The molecule has 0 radical (unpaired) electrons. The third kappa shape index (κ3) is 4.62. The molecule has 2 N–H and O–H groups in total. The number of carbonyl (C=O) groups is 1. The van der Waals surface area contributed by atoms with Crippen molar-refractivity contribution in [3.8, 4) is 11.8 Å². The quantitative estimate of drug-likeness (QED) is 0.330. The minimum atomic E-state index is -0.154. The third-order valence-electron chi connectivity index (χ3n) is 4.42. The predicted molar refractivity (Wildman–Crippen MR) is 118 cm³/mol. The molecule has 0 fully saturated rings. The van der Waals surface area contributed by atoms with Crippen LogP contribution in [0.5, 0.6) is 5.75 Å².